The second kappa shape index (κ2) is 6.23. The third kappa shape index (κ3) is 3.40. The van der Waals surface area contributed by atoms with Crippen LogP contribution in [0.1, 0.15) is 24.4 Å². The molecule has 1 fully saturated rings. The summed E-state index contributed by atoms with van der Waals surface area (Å²) in [5.41, 5.74) is -2.33. The Labute approximate surface area is 152 Å². The lowest BCUT2D eigenvalue weighted by molar-refractivity contribution is -0.139. The van der Waals surface area contributed by atoms with Crippen LogP contribution in [0.4, 0.5) is 18.0 Å². The highest BCUT2D eigenvalue weighted by molar-refractivity contribution is 9.10. The molecule has 0 unspecified atom stereocenters. The summed E-state index contributed by atoms with van der Waals surface area (Å²) in [5, 5.41) is 3.61. The molecule has 1 aromatic heterocycles. The van der Waals surface area contributed by atoms with Crippen molar-refractivity contribution < 1.29 is 26.4 Å². The van der Waals surface area contributed by atoms with Crippen molar-refractivity contribution in [3.8, 4) is 0 Å². The van der Waals surface area contributed by atoms with Crippen molar-refractivity contribution in [3.63, 3.8) is 0 Å². The molecule has 1 aromatic carbocycles. The van der Waals surface area contributed by atoms with E-state index in [1.54, 1.807) is 0 Å². The maximum Gasteiger partial charge on any atom is 0.417 e. The first kappa shape index (κ1) is 18.6. The molecule has 0 bridgehead atoms. The normalized spacial score (nSPS) is 15.1. The van der Waals surface area contributed by atoms with E-state index in [9.17, 15) is 31.2 Å². The summed E-state index contributed by atoms with van der Waals surface area (Å²) in [6.07, 6.45) is -3.55. The highest BCUT2D eigenvalue weighted by atomic mass is 79.9. The Morgan fingerprint density at radius 3 is 2.46 bits per heavy atom. The van der Waals surface area contributed by atoms with Gasteiger partial charge in [-0.15, -0.1) is 9.78 Å². The minimum absolute atomic E-state index is 0.0215. The minimum Gasteiger partial charge on any atom is -0.266 e. The van der Waals surface area contributed by atoms with E-state index < -0.39 is 38.4 Å². The van der Waals surface area contributed by atoms with E-state index in [0.717, 1.165) is 16.7 Å². The summed E-state index contributed by atoms with van der Waals surface area (Å²) in [6.45, 7) is 0. The number of rotatable bonds is 3. The molecule has 1 aliphatic carbocycles. The van der Waals surface area contributed by atoms with E-state index in [-0.39, 0.29) is 15.5 Å². The van der Waals surface area contributed by atoms with Gasteiger partial charge in [0.15, 0.2) is 0 Å². The Balaban J connectivity index is 1.95. The maximum absolute atomic E-state index is 13.0. The van der Waals surface area contributed by atoms with Crippen molar-refractivity contribution in [1.29, 1.82) is 0 Å². The minimum atomic E-state index is -4.94. The van der Waals surface area contributed by atoms with Gasteiger partial charge in [0.2, 0.25) is 4.73 Å². The van der Waals surface area contributed by atoms with Gasteiger partial charge >= 0.3 is 17.9 Å². The summed E-state index contributed by atoms with van der Waals surface area (Å²) in [4.78, 5) is 23.1. The molecule has 140 valence electrons. The zero-order chi connectivity index (χ0) is 19.3. The number of carbonyl (C=O) groups excluding carboxylic acids is 1. The molecule has 0 atom stereocenters. The fourth-order valence-electron chi connectivity index (χ4n) is 2.27. The second-order valence-electron chi connectivity index (χ2n) is 5.47. The van der Waals surface area contributed by atoms with E-state index >= 15 is 0 Å². The number of hydrogen-bond acceptors (Lipinski definition) is 5. The van der Waals surface area contributed by atoms with Crippen LogP contribution in [-0.2, 0) is 16.2 Å². The molecule has 1 heterocycles. The van der Waals surface area contributed by atoms with E-state index in [2.05, 4.69) is 21.0 Å². The number of alkyl halides is 3. The highest BCUT2D eigenvalue weighted by Crippen LogP contribution is 2.35. The molecular formula is C13H10BrF3N4O4S. The zero-order valence-electron chi connectivity index (χ0n) is 12.7. The summed E-state index contributed by atoms with van der Waals surface area (Å²) < 4.78 is 66.4. The molecule has 3 rings (SSSR count). The summed E-state index contributed by atoms with van der Waals surface area (Å²) in [7, 11) is -4.89. The van der Waals surface area contributed by atoms with Crippen molar-refractivity contribution in [2.45, 2.75) is 30.0 Å². The Kier molecular flexibility index (Phi) is 4.46. The lowest BCUT2D eigenvalue weighted by Gasteiger charge is -2.13. The third-order valence-electron chi connectivity index (χ3n) is 3.58. The third-order valence-corrected chi connectivity index (χ3v) is 5.50. The second-order valence-corrected chi connectivity index (χ2v) is 7.83. The van der Waals surface area contributed by atoms with Crippen molar-refractivity contribution in [2.75, 3.05) is 0 Å². The molecule has 0 radical (unpaired) electrons. The number of carbonyl (C=O) groups is 1. The van der Waals surface area contributed by atoms with Crippen molar-refractivity contribution in [1.82, 2.24) is 19.1 Å². The predicted octanol–water partition coefficient (Wildman–Crippen LogP) is 2.11. The van der Waals surface area contributed by atoms with Crippen LogP contribution in [0, 0.1) is 0 Å². The summed E-state index contributed by atoms with van der Waals surface area (Å²) in [6, 6.07) is 1.75. The fraction of sp³-hybridized carbons (Fsp3) is 0.308. The van der Waals surface area contributed by atoms with E-state index in [1.165, 1.54) is 4.72 Å². The van der Waals surface area contributed by atoms with Crippen molar-refractivity contribution >= 4 is 32.0 Å². The van der Waals surface area contributed by atoms with Gasteiger partial charge in [-0.1, -0.05) is 12.1 Å². The lowest BCUT2D eigenvalue weighted by Crippen LogP contribution is -2.41. The van der Waals surface area contributed by atoms with Crippen LogP contribution in [0.3, 0.4) is 0 Å². The molecule has 1 aliphatic rings. The van der Waals surface area contributed by atoms with Crippen LogP contribution in [0.2, 0.25) is 0 Å². The summed E-state index contributed by atoms with van der Waals surface area (Å²) >= 11 is 2.99. The van der Waals surface area contributed by atoms with Gasteiger partial charge in [0.25, 0.3) is 10.0 Å². The quantitative estimate of drug-likeness (QED) is 0.764. The standard InChI is InChI=1S/C13H10BrF3N4O4S/c14-10-18-21(12(23)20(10)7-5-6-7)11(22)19-26(24,25)9-4-2-1-3-8(9)13(15,16)17/h1-4,7H,5-6H2,(H,19,22). The van der Waals surface area contributed by atoms with Crippen molar-refractivity contribution in [2.24, 2.45) is 0 Å². The molecule has 0 aliphatic heterocycles. The molecule has 13 heteroatoms. The Hall–Kier alpha value is -2.15. The Bertz CT molecular complexity index is 1040. The molecule has 26 heavy (non-hydrogen) atoms. The first-order valence-corrected chi connectivity index (χ1v) is 9.40. The maximum atomic E-state index is 13.0. The predicted molar refractivity (Wildman–Crippen MR) is 85.0 cm³/mol. The average molecular weight is 455 g/mol. The lowest BCUT2D eigenvalue weighted by atomic mass is 10.2. The van der Waals surface area contributed by atoms with Gasteiger partial charge in [0, 0.05) is 6.04 Å². The van der Waals surface area contributed by atoms with Crippen LogP contribution in [0.5, 0.6) is 0 Å². The van der Waals surface area contributed by atoms with E-state index in [0.29, 0.717) is 25.0 Å². The van der Waals surface area contributed by atoms with Crippen LogP contribution < -0.4 is 10.4 Å². The highest BCUT2D eigenvalue weighted by Gasteiger charge is 2.38. The first-order valence-electron chi connectivity index (χ1n) is 7.13. The number of amides is 1. The van der Waals surface area contributed by atoms with Gasteiger partial charge in [-0.3, -0.25) is 4.57 Å². The number of nitrogens with zero attached hydrogens (tertiary/aromatic N) is 3. The molecule has 8 nitrogen and oxygen atoms in total. The van der Waals surface area contributed by atoms with Gasteiger partial charge in [0.1, 0.15) is 0 Å². The SMILES string of the molecule is O=C(NS(=O)(=O)c1ccccc1C(F)(F)F)n1nc(Br)n(C2CC2)c1=O. The number of hydrogen-bond donors (Lipinski definition) is 1. The fourth-order valence-corrected chi connectivity index (χ4v) is 4.03. The van der Waals surface area contributed by atoms with Gasteiger partial charge in [-0.05, 0) is 40.9 Å². The molecule has 1 amide bonds. The van der Waals surface area contributed by atoms with Gasteiger partial charge < -0.3 is 0 Å². The number of halogens is 4. The van der Waals surface area contributed by atoms with Crippen LogP contribution in [0.25, 0.3) is 0 Å². The van der Waals surface area contributed by atoms with Crippen LogP contribution in [-0.4, -0.2) is 28.8 Å². The molecule has 0 spiro atoms. The Morgan fingerprint density at radius 2 is 1.88 bits per heavy atom. The van der Waals surface area contributed by atoms with Crippen LogP contribution in [0.15, 0.2) is 38.7 Å². The molecule has 1 N–H and O–H groups in total. The zero-order valence-corrected chi connectivity index (χ0v) is 15.1. The monoisotopic (exact) mass is 454 g/mol. The largest absolute Gasteiger partial charge is 0.417 e. The van der Waals surface area contributed by atoms with Gasteiger partial charge in [-0.2, -0.15) is 13.2 Å². The van der Waals surface area contributed by atoms with E-state index in [1.807, 2.05) is 0 Å². The number of sulfonamides is 1. The molecule has 0 saturated heterocycles. The number of benzene rings is 1. The van der Waals surface area contributed by atoms with Crippen LogP contribution >= 0.6 is 15.9 Å². The summed E-state index contributed by atoms with van der Waals surface area (Å²) in [5.74, 6) is 0. The van der Waals surface area contributed by atoms with E-state index in [4.69, 9.17) is 0 Å². The van der Waals surface area contributed by atoms with Gasteiger partial charge in [-0.25, -0.2) is 22.7 Å². The van der Waals surface area contributed by atoms with Gasteiger partial charge in [0.05, 0.1) is 10.5 Å². The average Bonchev–Trinajstić information content (AvgIpc) is 3.31. The molecular weight excluding hydrogens is 445 g/mol. The smallest absolute Gasteiger partial charge is 0.266 e. The topological polar surface area (TPSA) is 103 Å². The number of aromatic nitrogens is 3. The van der Waals surface area contributed by atoms with Crippen molar-refractivity contribution in [3.05, 3.63) is 45.0 Å². The first-order chi connectivity index (χ1) is 12.0. The molecule has 2 aromatic rings. The number of nitrogens with one attached hydrogen (secondary N) is 1. The molecule has 1 saturated carbocycles. The Morgan fingerprint density at radius 1 is 1.27 bits per heavy atom.